The Morgan fingerprint density at radius 3 is 2.85 bits per heavy atom. The van der Waals surface area contributed by atoms with Crippen LogP contribution in [0.4, 0.5) is 5.82 Å². The quantitative estimate of drug-likeness (QED) is 0.758. The van der Waals surface area contributed by atoms with Crippen LogP contribution in [0.15, 0.2) is 30.7 Å². The van der Waals surface area contributed by atoms with Gasteiger partial charge in [-0.05, 0) is 25.5 Å². The lowest BCUT2D eigenvalue weighted by molar-refractivity contribution is 0.0747. The number of aromatic nitrogens is 3. The standard InChI is InChI=1S/C19H27N5O2/c1-4-23(13-18-20-8-10-22(18)2)19(25)16-5-6-17(21-11-16)24-9-7-15(12-24)14-26-3/h5-6,8,10-11,15H,4,7,9,12-14H2,1-3H3/t15-/m0/s1. The summed E-state index contributed by atoms with van der Waals surface area (Å²) in [5.41, 5.74) is 0.609. The molecule has 0 N–H and O–H groups in total. The number of carbonyl (C=O) groups excluding carboxylic acids is 1. The Morgan fingerprint density at radius 2 is 2.23 bits per heavy atom. The van der Waals surface area contributed by atoms with Gasteiger partial charge in [0.1, 0.15) is 11.6 Å². The summed E-state index contributed by atoms with van der Waals surface area (Å²) in [7, 11) is 3.68. The van der Waals surface area contributed by atoms with Gasteiger partial charge < -0.3 is 19.1 Å². The maximum absolute atomic E-state index is 12.8. The molecule has 2 aromatic heterocycles. The van der Waals surface area contributed by atoms with Crippen molar-refractivity contribution in [1.29, 1.82) is 0 Å². The third-order valence-electron chi connectivity index (χ3n) is 4.93. The normalized spacial score (nSPS) is 16.9. The van der Waals surface area contributed by atoms with E-state index in [4.69, 9.17) is 4.74 Å². The van der Waals surface area contributed by atoms with Crippen LogP contribution in [0.2, 0.25) is 0 Å². The summed E-state index contributed by atoms with van der Waals surface area (Å²) in [6, 6.07) is 3.81. The number of carbonyl (C=O) groups is 1. The summed E-state index contributed by atoms with van der Waals surface area (Å²) < 4.78 is 7.18. The first-order chi connectivity index (χ1) is 12.6. The van der Waals surface area contributed by atoms with Crippen LogP contribution < -0.4 is 4.90 Å². The number of amides is 1. The Hall–Kier alpha value is -2.41. The summed E-state index contributed by atoms with van der Waals surface area (Å²) >= 11 is 0. The highest BCUT2D eigenvalue weighted by Crippen LogP contribution is 2.22. The van der Waals surface area contributed by atoms with Crippen LogP contribution in [0.3, 0.4) is 0 Å². The molecule has 0 spiro atoms. The SMILES string of the molecule is CCN(Cc1nccn1C)C(=O)c1ccc(N2CC[C@H](COC)C2)nc1. The summed E-state index contributed by atoms with van der Waals surface area (Å²) in [6.45, 7) is 5.81. The van der Waals surface area contributed by atoms with E-state index in [-0.39, 0.29) is 5.91 Å². The Labute approximate surface area is 154 Å². The van der Waals surface area contributed by atoms with E-state index >= 15 is 0 Å². The van der Waals surface area contributed by atoms with Gasteiger partial charge in [0.2, 0.25) is 0 Å². The largest absolute Gasteiger partial charge is 0.384 e. The molecule has 1 aliphatic rings. The highest BCUT2D eigenvalue weighted by atomic mass is 16.5. The molecule has 2 aromatic rings. The van der Waals surface area contributed by atoms with Gasteiger partial charge in [-0.15, -0.1) is 0 Å². The maximum Gasteiger partial charge on any atom is 0.255 e. The zero-order valence-electron chi connectivity index (χ0n) is 15.8. The van der Waals surface area contributed by atoms with Crippen LogP contribution in [0.25, 0.3) is 0 Å². The first-order valence-electron chi connectivity index (χ1n) is 9.07. The second kappa shape index (κ2) is 8.31. The first kappa shape index (κ1) is 18.4. The Balaban J connectivity index is 1.65. The van der Waals surface area contributed by atoms with Gasteiger partial charge in [0, 0.05) is 58.3 Å². The molecular weight excluding hydrogens is 330 g/mol. The van der Waals surface area contributed by atoms with Crippen molar-refractivity contribution < 1.29 is 9.53 Å². The molecule has 0 radical (unpaired) electrons. The first-order valence-corrected chi connectivity index (χ1v) is 9.07. The van der Waals surface area contributed by atoms with Crippen LogP contribution in [-0.2, 0) is 18.3 Å². The van der Waals surface area contributed by atoms with E-state index in [1.165, 1.54) is 0 Å². The van der Waals surface area contributed by atoms with Gasteiger partial charge in [0.15, 0.2) is 0 Å². The summed E-state index contributed by atoms with van der Waals surface area (Å²) in [4.78, 5) is 25.7. The number of ether oxygens (including phenoxy) is 1. The number of pyridine rings is 1. The van der Waals surface area contributed by atoms with Gasteiger partial charge in [-0.2, -0.15) is 0 Å². The Bertz CT molecular complexity index is 728. The highest BCUT2D eigenvalue weighted by Gasteiger charge is 2.24. The molecule has 0 unspecified atom stereocenters. The number of hydrogen-bond donors (Lipinski definition) is 0. The van der Waals surface area contributed by atoms with Crippen LogP contribution >= 0.6 is 0 Å². The predicted molar refractivity (Wildman–Crippen MR) is 100 cm³/mol. The van der Waals surface area contributed by atoms with Crippen LogP contribution in [0.1, 0.15) is 29.5 Å². The van der Waals surface area contributed by atoms with Crippen molar-refractivity contribution in [1.82, 2.24) is 19.4 Å². The van der Waals surface area contributed by atoms with Crippen LogP contribution in [0.5, 0.6) is 0 Å². The highest BCUT2D eigenvalue weighted by molar-refractivity contribution is 5.94. The average molecular weight is 357 g/mol. The molecular formula is C19H27N5O2. The molecule has 7 heteroatoms. The minimum Gasteiger partial charge on any atom is -0.384 e. The zero-order chi connectivity index (χ0) is 18.5. The molecule has 1 amide bonds. The van der Waals surface area contributed by atoms with Crippen LogP contribution in [0, 0.1) is 5.92 Å². The second-order valence-electron chi connectivity index (χ2n) is 6.73. The zero-order valence-corrected chi connectivity index (χ0v) is 15.8. The number of rotatable bonds is 7. The molecule has 0 aromatic carbocycles. The lowest BCUT2D eigenvalue weighted by atomic mass is 10.1. The number of imidazole rings is 1. The minimum atomic E-state index is -0.0202. The van der Waals surface area contributed by atoms with Crippen molar-refractivity contribution in [2.24, 2.45) is 13.0 Å². The lowest BCUT2D eigenvalue weighted by Crippen LogP contribution is -2.31. The molecule has 1 saturated heterocycles. The van der Waals surface area contributed by atoms with Gasteiger partial charge >= 0.3 is 0 Å². The van der Waals surface area contributed by atoms with Crippen molar-refractivity contribution >= 4 is 11.7 Å². The van der Waals surface area contributed by atoms with E-state index in [0.717, 1.165) is 37.8 Å². The van der Waals surface area contributed by atoms with E-state index in [9.17, 15) is 4.79 Å². The molecule has 3 heterocycles. The molecule has 0 saturated carbocycles. The average Bonchev–Trinajstić information content (AvgIpc) is 3.29. The molecule has 0 aliphatic carbocycles. The minimum absolute atomic E-state index is 0.0202. The van der Waals surface area contributed by atoms with E-state index in [1.807, 2.05) is 36.9 Å². The molecule has 1 atom stereocenters. The van der Waals surface area contributed by atoms with Crippen molar-refractivity contribution in [2.75, 3.05) is 38.3 Å². The molecule has 1 aliphatic heterocycles. The van der Waals surface area contributed by atoms with Crippen molar-refractivity contribution in [3.05, 3.63) is 42.1 Å². The van der Waals surface area contributed by atoms with Crippen LogP contribution in [-0.4, -0.2) is 58.7 Å². The fourth-order valence-electron chi connectivity index (χ4n) is 3.34. The van der Waals surface area contributed by atoms with E-state index in [1.54, 1.807) is 24.4 Å². The van der Waals surface area contributed by atoms with Gasteiger partial charge in [-0.3, -0.25) is 4.79 Å². The Morgan fingerprint density at radius 1 is 1.38 bits per heavy atom. The monoisotopic (exact) mass is 357 g/mol. The third-order valence-corrected chi connectivity index (χ3v) is 4.93. The van der Waals surface area contributed by atoms with E-state index in [2.05, 4.69) is 14.9 Å². The van der Waals surface area contributed by atoms with Crippen molar-refractivity contribution in [3.8, 4) is 0 Å². The van der Waals surface area contributed by atoms with Gasteiger partial charge in [-0.1, -0.05) is 0 Å². The van der Waals surface area contributed by atoms with E-state index < -0.39 is 0 Å². The third kappa shape index (κ3) is 4.04. The smallest absolute Gasteiger partial charge is 0.255 e. The summed E-state index contributed by atoms with van der Waals surface area (Å²) in [5.74, 6) is 2.32. The number of hydrogen-bond acceptors (Lipinski definition) is 5. The summed E-state index contributed by atoms with van der Waals surface area (Å²) in [6.07, 6.45) is 6.43. The maximum atomic E-state index is 12.8. The summed E-state index contributed by atoms with van der Waals surface area (Å²) in [5, 5.41) is 0. The van der Waals surface area contributed by atoms with Gasteiger partial charge in [0.05, 0.1) is 18.7 Å². The number of aryl methyl sites for hydroxylation is 1. The molecule has 26 heavy (non-hydrogen) atoms. The molecule has 140 valence electrons. The molecule has 3 rings (SSSR count). The molecule has 1 fully saturated rings. The van der Waals surface area contributed by atoms with Gasteiger partial charge in [-0.25, -0.2) is 9.97 Å². The second-order valence-corrected chi connectivity index (χ2v) is 6.73. The lowest BCUT2D eigenvalue weighted by Gasteiger charge is -2.21. The number of nitrogens with zero attached hydrogens (tertiary/aromatic N) is 5. The predicted octanol–water partition coefficient (Wildman–Crippen LogP) is 1.95. The van der Waals surface area contributed by atoms with E-state index in [0.29, 0.717) is 24.6 Å². The topological polar surface area (TPSA) is 63.5 Å². The number of anilines is 1. The van der Waals surface area contributed by atoms with Crippen molar-refractivity contribution in [3.63, 3.8) is 0 Å². The molecule has 0 bridgehead atoms. The fourth-order valence-corrected chi connectivity index (χ4v) is 3.34. The van der Waals surface area contributed by atoms with Gasteiger partial charge in [0.25, 0.3) is 5.91 Å². The molecule has 7 nitrogen and oxygen atoms in total. The van der Waals surface area contributed by atoms with Crippen molar-refractivity contribution in [2.45, 2.75) is 19.9 Å². The Kier molecular flexibility index (Phi) is 5.88. The fraction of sp³-hybridized carbons (Fsp3) is 0.526. The number of methoxy groups -OCH3 is 1.